The lowest BCUT2D eigenvalue weighted by Gasteiger charge is -2.57. The molecule has 178 valence electrons. The van der Waals surface area contributed by atoms with Gasteiger partial charge in [-0.2, -0.15) is 0 Å². The van der Waals surface area contributed by atoms with Crippen molar-refractivity contribution >= 4 is 11.7 Å². The van der Waals surface area contributed by atoms with E-state index in [-0.39, 0.29) is 30.6 Å². The van der Waals surface area contributed by atoms with Crippen LogP contribution in [0.15, 0.2) is 48.5 Å². The number of nitrogens with one attached hydrogen (secondary N) is 1. The lowest BCUT2D eigenvalue weighted by molar-refractivity contribution is -0.0585. The van der Waals surface area contributed by atoms with Gasteiger partial charge in [-0.25, -0.2) is 4.79 Å². The van der Waals surface area contributed by atoms with E-state index in [1.807, 2.05) is 29.2 Å². The number of aliphatic hydroxyl groups excluding tert-OH is 1. The third-order valence-electron chi connectivity index (χ3n) is 7.30. The molecule has 6 nitrogen and oxygen atoms in total. The fourth-order valence-electron chi connectivity index (χ4n) is 5.27. The Bertz CT molecular complexity index is 1070. The highest BCUT2D eigenvalue weighted by atomic mass is 16.5. The molecule has 6 heteroatoms. The van der Waals surface area contributed by atoms with Gasteiger partial charge in [0, 0.05) is 42.6 Å². The maximum Gasteiger partial charge on any atom is 0.322 e. The Morgan fingerprint density at radius 1 is 1.12 bits per heavy atom. The highest BCUT2D eigenvalue weighted by Gasteiger charge is 2.49. The van der Waals surface area contributed by atoms with Gasteiger partial charge in [-0.3, -0.25) is 4.90 Å². The van der Waals surface area contributed by atoms with Crippen molar-refractivity contribution in [1.29, 1.82) is 0 Å². The number of fused-ring (bicyclic) bond motifs is 1. The summed E-state index contributed by atoms with van der Waals surface area (Å²) in [6.45, 7) is 2.43. The van der Waals surface area contributed by atoms with Gasteiger partial charge in [-0.1, -0.05) is 36.1 Å². The first kappa shape index (κ1) is 22.8. The van der Waals surface area contributed by atoms with Crippen LogP contribution in [0.25, 0.3) is 0 Å². The number of carbonyl (C=O) groups excluding carboxylic acids is 1. The van der Waals surface area contributed by atoms with E-state index in [1.54, 1.807) is 7.11 Å². The molecule has 0 bridgehead atoms. The van der Waals surface area contributed by atoms with Crippen LogP contribution in [0.1, 0.15) is 42.7 Å². The largest absolute Gasteiger partial charge is 0.495 e. The first-order chi connectivity index (χ1) is 16.7. The Morgan fingerprint density at radius 2 is 1.88 bits per heavy atom. The van der Waals surface area contributed by atoms with Crippen LogP contribution in [-0.4, -0.2) is 66.4 Å². The summed E-state index contributed by atoms with van der Waals surface area (Å²) < 4.78 is 5.40. The van der Waals surface area contributed by atoms with Crippen molar-refractivity contribution in [2.24, 2.45) is 5.92 Å². The Kier molecular flexibility index (Phi) is 6.75. The Labute approximate surface area is 201 Å². The molecule has 2 heterocycles. The molecule has 3 atom stereocenters. The number of carbonyl (C=O) groups is 1. The van der Waals surface area contributed by atoms with Crippen LogP contribution in [-0.2, 0) is 0 Å². The van der Waals surface area contributed by atoms with Gasteiger partial charge in [-0.05, 0) is 62.1 Å². The molecule has 1 aliphatic carbocycles. The summed E-state index contributed by atoms with van der Waals surface area (Å²) in [5.74, 6) is 8.02. The maximum atomic E-state index is 13.2. The second kappa shape index (κ2) is 10.1. The monoisotopic (exact) mass is 459 g/mol. The van der Waals surface area contributed by atoms with Crippen LogP contribution in [0.5, 0.6) is 5.75 Å². The molecule has 3 fully saturated rings. The van der Waals surface area contributed by atoms with E-state index in [0.29, 0.717) is 23.9 Å². The number of ether oxygens (including phenoxy) is 1. The highest BCUT2D eigenvalue weighted by Crippen LogP contribution is 2.42. The summed E-state index contributed by atoms with van der Waals surface area (Å²) in [7, 11) is 1.61. The summed E-state index contributed by atoms with van der Waals surface area (Å²) in [6.07, 6.45) is 4.40. The van der Waals surface area contributed by atoms with Gasteiger partial charge in [0.2, 0.25) is 0 Å². The SMILES string of the molecule is COc1ccccc1NC(=O)N1CCCCN2[C@H](C1)[C@@H](c1ccc(C#CC3CC3)cc1)[C@@H]2CO. The minimum atomic E-state index is -0.108. The number of hydrogen-bond donors (Lipinski definition) is 2. The normalized spacial score (nSPS) is 24.5. The van der Waals surface area contributed by atoms with Crippen LogP contribution >= 0.6 is 0 Å². The second-order valence-corrected chi connectivity index (χ2v) is 9.53. The van der Waals surface area contributed by atoms with Crippen molar-refractivity contribution in [3.05, 3.63) is 59.7 Å². The molecule has 3 aliphatic rings. The number of methoxy groups -OCH3 is 1. The van der Waals surface area contributed by atoms with E-state index in [2.05, 4.69) is 46.3 Å². The Balaban J connectivity index is 1.32. The van der Waals surface area contributed by atoms with Gasteiger partial charge in [-0.15, -0.1) is 0 Å². The van der Waals surface area contributed by atoms with E-state index >= 15 is 0 Å². The zero-order valence-electron chi connectivity index (χ0n) is 19.7. The smallest absolute Gasteiger partial charge is 0.322 e. The van der Waals surface area contributed by atoms with E-state index in [4.69, 9.17) is 4.74 Å². The minimum Gasteiger partial charge on any atom is -0.495 e. The number of hydrogen-bond acceptors (Lipinski definition) is 4. The molecule has 0 unspecified atom stereocenters. The molecular weight excluding hydrogens is 426 g/mol. The van der Waals surface area contributed by atoms with Crippen LogP contribution in [0.2, 0.25) is 0 Å². The van der Waals surface area contributed by atoms with Crippen molar-refractivity contribution in [3.8, 4) is 17.6 Å². The number of urea groups is 1. The number of benzene rings is 2. The molecule has 5 rings (SSSR count). The molecule has 2 aromatic rings. The molecule has 0 spiro atoms. The molecule has 1 saturated carbocycles. The average Bonchev–Trinajstić information content (AvgIpc) is 3.67. The molecule has 0 radical (unpaired) electrons. The van der Waals surface area contributed by atoms with E-state index in [1.165, 1.54) is 18.4 Å². The predicted molar refractivity (Wildman–Crippen MR) is 133 cm³/mol. The van der Waals surface area contributed by atoms with Gasteiger partial charge in [0.05, 0.1) is 19.4 Å². The van der Waals surface area contributed by atoms with Gasteiger partial charge in [0.15, 0.2) is 0 Å². The number of aliphatic hydroxyl groups is 1. The number of anilines is 1. The van der Waals surface area contributed by atoms with E-state index in [0.717, 1.165) is 31.5 Å². The average molecular weight is 460 g/mol. The third kappa shape index (κ3) is 4.77. The van der Waals surface area contributed by atoms with Crippen LogP contribution < -0.4 is 10.1 Å². The van der Waals surface area contributed by atoms with Crippen molar-refractivity contribution in [2.45, 2.75) is 43.7 Å². The quantitative estimate of drug-likeness (QED) is 0.681. The topological polar surface area (TPSA) is 65.0 Å². The van der Waals surface area contributed by atoms with E-state index < -0.39 is 0 Å². The van der Waals surface area contributed by atoms with Crippen LogP contribution in [0.4, 0.5) is 10.5 Å². The Hall–Kier alpha value is -3.01. The van der Waals surface area contributed by atoms with Crippen LogP contribution in [0, 0.1) is 17.8 Å². The summed E-state index contributed by atoms with van der Waals surface area (Å²) >= 11 is 0. The molecule has 2 N–H and O–H groups in total. The molecule has 0 aromatic heterocycles. The van der Waals surface area contributed by atoms with Gasteiger partial charge in [0.25, 0.3) is 0 Å². The van der Waals surface area contributed by atoms with Crippen LogP contribution in [0.3, 0.4) is 0 Å². The maximum absolute atomic E-state index is 13.2. The highest BCUT2D eigenvalue weighted by molar-refractivity contribution is 5.91. The molecule has 2 saturated heterocycles. The number of amides is 2. The number of rotatable bonds is 4. The minimum absolute atomic E-state index is 0.0885. The standard InChI is InChI=1S/C28H33N3O3/c1-34-26-7-3-2-6-23(26)29-28(33)30-16-4-5-17-31-24(18-30)27(25(31)19-32)22-14-12-21(13-15-22)11-10-20-8-9-20/h2-3,6-7,12-15,20,24-25,27,32H,4-5,8-9,16-19H2,1H3,(H,29,33)/t24-,25+,27-/m1/s1. The third-order valence-corrected chi connectivity index (χ3v) is 7.30. The fourth-order valence-corrected chi connectivity index (χ4v) is 5.27. The van der Waals surface area contributed by atoms with Gasteiger partial charge >= 0.3 is 6.03 Å². The molecule has 34 heavy (non-hydrogen) atoms. The lowest BCUT2D eigenvalue weighted by Crippen LogP contribution is -2.68. The zero-order chi connectivity index (χ0) is 23.5. The van der Waals surface area contributed by atoms with Crippen molar-refractivity contribution in [1.82, 2.24) is 9.80 Å². The summed E-state index contributed by atoms with van der Waals surface area (Å²) in [4.78, 5) is 17.5. The van der Waals surface area contributed by atoms with Crippen molar-refractivity contribution in [3.63, 3.8) is 0 Å². The van der Waals surface area contributed by atoms with Crippen molar-refractivity contribution < 1.29 is 14.6 Å². The molecule has 2 amide bonds. The van der Waals surface area contributed by atoms with Crippen molar-refractivity contribution in [2.75, 3.05) is 38.7 Å². The first-order valence-electron chi connectivity index (χ1n) is 12.3. The number of nitrogens with zero attached hydrogens (tertiary/aromatic N) is 2. The van der Waals surface area contributed by atoms with Gasteiger partial charge < -0.3 is 20.1 Å². The Morgan fingerprint density at radius 3 is 2.62 bits per heavy atom. The first-order valence-corrected chi connectivity index (χ1v) is 12.3. The summed E-state index contributed by atoms with van der Waals surface area (Å²) in [5.41, 5.74) is 2.93. The summed E-state index contributed by atoms with van der Waals surface area (Å²) in [5, 5.41) is 13.2. The fraction of sp³-hybridized carbons (Fsp3) is 0.464. The lowest BCUT2D eigenvalue weighted by atomic mass is 9.74. The summed E-state index contributed by atoms with van der Waals surface area (Å²) in [6, 6.07) is 16.1. The zero-order valence-corrected chi connectivity index (χ0v) is 19.7. The second-order valence-electron chi connectivity index (χ2n) is 9.53. The van der Waals surface area contributed by atoms with E-state index in [9.17, 15) is 9.90 Å². The molecular formula is C28H33N3O3. The predicted octanol–water partition coefficient (Wildman–Crippen LogP) is 3.91. The molecule has 2 aromatic carbocycles. The number of para-hydroxylation sites is 2. The van der Waals surface area contributed by atoms with Gasteiger partial charge in [0.1, 0.15) is 5.75 Å². The molecule has 2 aliphatic heterocycles.